The highest BCUT2D eigenvalue weighted by molar-refractivity contribution is 8.01. The largest absolute Gasteiger partial charge is 0.117 e. The van der Waals surface area contributed by atoms with E-state index in [0.29, 0.717) is 0 Å². The van der Waals surface area contributed by atoms with Gasteiger partial charge in [-0.15, -0.1) is 23.1 Å². The Kier molecular flexibility index (Phi) is 2.89. The maximum absolute atomic E-state index is 5.70. The summed E-state index contributed by atoms with van der Waals surface area (Å²) in [4.78, 5) is 0. The van der Waals surface area contributed by atoms with Crippen LogP contribution < -0.4 is 0 Å². The number of halogens is 1. The molecule has 0 saturated carbocycles. The van der Waals surface area contributed by atoms with E-state index >= 15 is 0 Å². The molecule has 0 radical (unpaired) electrons. The van der Waals surface area contributed by atoms with Gasteiger partial charge in [0.1, 0.15) is 0 Å². The molecule has 1 aromatic rings. The lowest BCUT2D eigenvalue weighted by Gasteiger charge is -1.86. The summed E-state index contributed by atoms with van der Waals surface area (Å²) < 4.78 is 2.19. The van der Waals surface area contributed by atoms with Crippen molar-refractivity contribution in [3.8, 4) is 0 Å². The van der Waals surface area contributed by atoms with Crippen molar-refractivity contribution in [2.75, 3.05) is 5.75 Å². The Hall–Kier alpha value is 0.340. The van der Waals surface area contributed by atoms with Crippen molar-refractivity contribution >= 4 is 34.7 Å². The molecule has 0 N–H and O–H groups in total. The number of rotatable bonds is 2. The monoisotopic (exact) mass is 178 g/mol. The third-order valence-electron chi connectivity index (χ3n) is 0.835. The molecular weight excluding hydrogens is 172 g/mol. The van der Waals surface area contributed by atoms with Crippen LogP contribution in [0, 0.1) is 0 Å². The predicted octanol–water partition coefficient (Wildman–Crippen LogP) is 3.51. The van der Waals surface area contributed by atoms with E-state index in [1.165, 1.54) is 4.21 Å². The highest BCUT2D eigenvalue weighted by Crippen LogP contribution is 2.29. The highest BCUT2D eigenvalue weighted by atomic mass is 35.5. The molecule has 0 atom stereocenters. The van der Waals surface area contributed by atoms with Gasteiger partial charge in [-0.05, 0) is 17.9 Å². The van der Waals surface area contributed by atoms with Crippen LogP contribution in [0.4, 0.5) is 0 Å². The fourth-order valence-corrected chi connectivity index (χ4v) is 2.74. The van der Waals surface area contributed by atoms with Gasteiger partial charge in [0.15, 0.2) is 0 Å². The molecule has 0 spiro atoms. The van der Waals surface area contributed by atoms with E-state index in [4.69, 9.17) is 11.6 Å². The SMILES string of the molecule is CCSc1ccc(Cl)s1. The fraction of sp³-hybridized carbons (Fsp3) is 0.333. The molecule has 0 aromatic carbocycles. The van der Waals surface area contributed by atoms with E-state index in [0.717, 1.165) is 10.1 Å². The summed E-state index contributed by atoms with van der Waals surface area (Å²) in [6.45, 7) is 2.14. The molecule has 1 rings (SSSR count). The van der Waals surface area contributed by atoms with Crippen molar-refractivity contribution in [3.05, 3.63) is 16.5 Å². The summed E-state index contributed by atoms with van der Waals surface area (Å²) in [6, 6.07) is 3.99. The Bertz CT molecular complexity index is 183. The van der Waals surface area contributed by atoms with E-state index in [1.807, 2.05) is 17.8 Å². The van der Waals surface area contributed by atoms with Crippen LogP contribution in [0.25, 0.3) is 0 Å². The number of hydrogen-bond acceptors (Lipinski definition) is 2. The van der Waals surface area contributed by atoms with E-state index in [2.05, 4.69) is 13.0 Å². The van der Waals surface area contributed by atoms with E-state index in [9.17, 15) is 0 Å². The number of thioether (sulfide) groups is 1. The molecule has 0 aliphatic rings. The van der Waals surface area contributed by atoms with Gasteiger partial charge in [-0.1, -0.05) is 18.5 Å². The third kappa shape index (κ3) is 2.20. The molecule has 1 heterocycles. The molecule has 0 saturated heterocycles. The summed E-state index contributed by atoms with van der Waals surface area (Å²) in [5, 5.41) is 0. The summed E-state index contributed by atoms with van der Waals surface area (Å²) >= 11 is 9.17. The lowest BCUT2D eigenvalue weighted by molar-refractivity contribution is 1.51. The molecule has 0 aliphatic carbocycles. The van der Waals surface area contributed by atoms with Crippen molar-refractivity contribution < 1.29 is 0 Å². The van der Waals surface area contributed by atoms with Crippen molar-refractivity contribution in [3.63, 3.8) is 0 Å². The third-order valence-corrected chi connectivity index (χ3v) is 3.17. The number of hydrogen-bond donors (Lipinski definition) is 0. The molecule has 0 bridgehead atoms. The second kappa shape index (κ2) is 3.49. The zero-order chi connectivity index (χ0) is 6.69. The van der Waals surface area contributed by atoms with E-state index < -0.39 is 0 Å². The molecule has 0 amide bonds. The van der Waals surface area contributed by atoms with Crippen LogP contribution in [-0.2, 0) is 0 Å². The van der Waals surface area contributed by atoms with Crippen LogP contribution in [0.2, 0.25) is 4.34 Å². The zero-order valence-corrected chi connectivity index (χ0v) is 7.45. The van der Waals surface area contributed by atoms with Gasteiger partial charge < -0.3 is 0 Å². The average Bonchev–Trinajstić information content (AvgIpc) is 2.17. The molecule has 50 valence electrons. The van der Waals surface area contributed by atoms with E-state index in [-0.39, 0.29) is 0 Å². The lowest BCUT2D eigenvalue weighted by atomic mass is 10.7. The minimum atomic E-state index is 0.881. The molecule has 1 aromatic heterocycles. The first-order valence-electron chi connectivity index (χ1n) is 2.71. The first-order chi connectivity index (χ1) is 4.33. The first kappa shape index (κ1) is 7.45. The molecule has 0 nitrogen and oxygen atoms in total. The normalized spacial score (nSPS) is 10.0. The Morgan fingerprint density at radius 2 is 2.44 bits per heavy atom. The average molecular weight is 179 g/mol. The Labute approximate surface area is 68.2 Å². The summed E-state index contributed by atoms with van der Waals surface area (Å²) in [5.74, 6) is 1.12. The maximum Gasteiger partial charge on any atom is 0.0940 e. The van der Waals surface area contributed by atoms with Crippen molar-refractivity contribution in [1.82, 2.24) is 0 Å². The molecule has 0 fully saturated rings. The van der Waals surface area contributed by atoms with Gasteiger partial charge in [0.25, 0.3) is 0 Å². The predicted molar refractivity (Wildman–Crippen MR) is 45.7 cm³/mol. The van der Waals surface area contributed by atoms with Crippen LogP contribution >= 0.6 is 34.7 Å². The minimum Gasteiger partial charge on any atom is -0.117 e. The Balaban J connectivity index is 2.61. The van der Waals surface area contributed by atoms with Gasteiger partial charge in [-0.3, -0.25) is 0 Å². The topological polar surface area (TPSA) is 0 Å². The van der Waals surface area contributed by atoms with Crippen molar-refractivity contribution in [1.29, 1.82) is 0 Å². The summed E-state index contributed by atoms with van der Waals surface area (Å²) in [7, 11) is 0. The highest BCUT2D eigenvalue weighted by Gasteiger charge is 1.94. The van der Waals surface area contributed by atoms with Gasteiger partial charge in [0.05, 0.1) is 8.55 Å². The Morgan fingerprint density at radius 1 is 1.67 bits per heavy atom. The minimum absolute atomic E-state index is 0.881. The van der Waals surface area contributed by atoms with Crippen LogP contribution in [0.1, 0.15) is 6.92 Å². The fourth-order valence-electron chi connectivity index (χ4n) is 0.518. The maximum atomic E-state index is 5.70. The summed E-state index contributed by atoms with van der Waals surface area (Å²) in [6.07, 6.45) is 0. The standard InChI is InChI=1S/C6H7ClS2/c1-2-8-6-4-3-5(7)9-6/h3-4H,2H2,1H3. The van der Waals surface area contributed by atoms with Crippen LogP contribution in [0.3, 0.4) is 0 Å². The van der Waals surface area contributed by atoms with Crippen molar-refractivity contribution in [2.45, 2.75) is 11.1 Å². The van der Waals surface area contributed by atoms with Crippen LogP contribution in [0.5, 0.6) is 0 Å². The molecule has 0 unspecified atom stereocenters. The molecule has 9 heavy (non-hydrogen) atoms. The van der Waals surface area contributed by atoms with Crippen LogP contribution in [0.15, 0.2) is 16.3 Å². The number of thiophene rings is 1. The smallest absolute Gasteiger partial charge is 0.0940 e. The van der Waals surface area contributed by atoms with Gasteiger partial charge >= 0.3 is 0 Å². The van der Waals surface area contributed by atoms with Crippen LogP contribution in [-0.4, -0.2) is 5.75 Å². The van der Waals surface area contributed by atoms with Gasteiger partial charge in [-0.2, -0.15) is 0 Å². The second-order valence-electron chi connectivity index (χ2n) is 1.49. The van der Waals surface area contributed by atoms with Gasteiger partial charge in [-0.25, -0.2) is 0 Å². The van der Waals surface area contributed by atoms with Crippen molar-refractivity contribution in [2.24, 2.45) is 0 Å². The summed E-state index contributed by atoms with van der Waals surface area (Å²) in [5.41, 5.74) is 0. The molecular formula is C6H7ClS2. The van der Waals surface area contributed by atoms with E-state index in [1.54, 1.807) is 11.3 Å². The van der Waals surface area contributed by atoms with Gasteiger partial charge in [0, 0.05) is 0 Å². The lowest BCUT2D eigenvalue weighted by Crippen LogP contribution is -1.59. The quantitative estimate of drug-likeness (QED) is 0.625. The first-order valence-corrected chi connectivity index (χ1v) is 4.89. The van der Waals surface area contributed by atoms with Gasteiger partial charge in [0.2, 0.25) is 0 Å². The zero-order valence-electron chi connectivity index (χ0n) is 5.06. The second-order valence-corrected chi connectivity index (χ2v) is 4.77. The molecule has 0 aliphatic heterocycles. The molecule has 3 heteroatoms. The Morgan fingerprint density at radius 3 is 2.89 bits per heavy atom.